The molecule has 2 aromatic rings. The normalized spacial score (nSPS) is 9.07. The maximum atomic E-state index is 2.40. The van der Waals surface area contributed by atoms with E-state index >= 15 is 0 Å². The van der Waals surface area contributed by atoms with E-state index in [0.717, 1.165) is 0 Å². The van der Waals surface area contributed by atoms with Gasteiger partial charge in [-0.2, -0.15) is 0 Å². The van der Waals surface area contributed by atoms with Crippen LogP contribution in [0, 0.1) is 0 Å². The van der Waals surface area contributed by atoms with E-state index in [-0.39, 0.29) is 0 Å². The van der Waals surface area contributed by atoms with Gasteiger partial charge in [0.2, 0.25) is 0 Å². The first-order valence-corrected chi connectivity index (χ1v) is 7.81. The fourth-order valence-electron chi connectivity index (χ4n) is 1.33. The predicted octanol–water partition coefficient (Wildman–Crippen LogP) is 2.77. The topological polar surface area (TPSA) is 0 Å². The minimum absolute atomic E-state index is 0.508. The Bertz CT molecular complexity index is 422. The molecule has 0 bridgehead atoms. The molecule has 0 nitrogen and oxygen atoms in total. The van der Waals surface area contributed by atoms with Gasteiger partial charge in [0.25, 0.3) is 0 Å². The molecule has 0 aliphatic carbocycles. The Labute approximate surface area is 101 Å². The van der Waals surface area contributed by atoms with Crippen LogP contribution >= 0.6 is 0 Å². The van der Waals surface area contributed by atoms with E-state index in [1.165, 1.54) is 11.1 Å². The van der Waals surface area contributed by atoms with Crippen molar-refractivity contribution >= 4 is 7.42 Å². The fourth-order valence-corrected chi connectivity index (χ4v) is 3.43. The van der Waals surface area contributed by atoms with Gasteiger partial charge in [-0.1, -0.05) is 0 Å². The van der Waals surface area contributed by atoms with Gasteiger partial charge < -0.3 is 0 Å². The molecule has 0 radical (unpaired) electrons. The summed E-state index contributed by atoms with van der Waals surface area (Å²) in [5.41, 5.74) is 2.72. The average molecular weight is 271 g/mol. The fraction of sp³-hybridized carbons (Fsp3) is 0. The third kappa shape index (κ3) is 3.60. The summed E-state index contributed by atoms with van der Waals surface area (Å²) in [7, 11) is 0. The Balaban J connectivity index is 2.16. The van der Waals surface area contributed by atoms with E-state index in [1.54, 1.807) is 0 Å². The van der Waals surface area contributed by atoms with Crippen LogP contribution in [0.4, 0.5) is 0 Å². The number of benzene rings is 2. The molecular weight excluding hydrogens is 259 g/mol. The quantitative estimate of drug-likeness (QED) is 0.788. The van der Waals surface area contributed by atoms with Crippen LogP contribution < -0.4 is 0 Å². The predicted molar refractivity (Wildman–Crippen MR) is 63.2 cm³/mol. The summed E-state index contributed by atoms with van der Waals surface area (Å²) in [4.78, 5) is 0. The van der Waals surface area contributed by atoms with Crippen LogP contribution in [0.5, 0.6) is 0 Å². The Morgan fingerprint density at radius 2 is 1.00 bits per heavy atom. The molecule has 15 heavy (non-hydrogen) atoms. The standard InChI is InChI=1S/2C7H6.Zr/c2*1-7-5-3-2-4-6-7;/h2*1-6H;. The summed E-state index contributed by atoms with van der Waals surface area (Å²) in [5.74, 6) is 0. The summed E-state index contributed by atoms with van der Waals surface area (Å²) in [6, 6.07) is 21.1. The number of hydrogen-bond donors (Lipinski definition) is 0. The van der Waals surface area contributed by atoms with Crippen LogP contribution in [0.3, 0.4) is 0 Å². The molecule has 0 fully saturated rings. The molecule has 0 amide bonds. The Kier molecular flexibility index (Phi) is 4.11. The summed E-state index contributed by atoms with van der Waals surface area (Å²) in [6.45, 7) is 0. The molecule has 0 unspecified atom stereocenters. The van der Waals surface area contributed by atoms with E-state index in [9.17, 15) is 0 Å². The van der Waals surface area contributed by atoms with Gasteiger partial charge >= 0.3 is 101 Å². The zero-order valence-electron chi connectivity index (χ0n) is 8.43. The SMILES string of the molecule is [CH](=[Zr]=[CH]c1ccccc1)c1ccccc1. The molecule has 72 valence electrons. The van der Waals surface area contributed by atoms with Crippen molar-refractivity contribution in [3.63, 3.8) is 0 Å². The van der Waals surface area contributed by atoms with Crippen molar-refractivity contribution in [2.24, 2.45) is 0 Å². The molecule has 0 spiro atoms. The molecular formula is C14H12Zr. The van der Waals surface area contributed by atoms with Crippen LogP contribution in [-0.4, -0.2) is 7.42 Å². The van der Waals surface area contributed by atoms with Crippen molar-refractivity contribution in [2.45, 2.75) is 0 Å². The molecule has 0 aliphatic rings. The van der Waals surface area contributed by atoms with E-state index in [0.29, 0.717) is 0 Å². The molecule has 0 saturated heterocycles. The molecule has 2 rings (SSSR count). The minimum atomic E-state index is -0.508. The average Bonchev–Trinajstić information content (AvgIpc) is 2.32. The van der Waals surface area contributed by atoms with Gasteiger partial charge in [-0.3, -0.25) is 0 Å². The first-order chi connectivity index (χ1) is 7.45. The Morgan fingerprint density at radius 1 is 0.600 bits per heavy atom. The van der Waals surface area contributed by atoms with Gasteiger partial charge in [-0.15, -0.1) is 0 Å². The van der Waals surface area contributed by atoms with Crippen molar-refractivity contribution in [1.29, 1.82) is 0 Å². The third-order valence-corrected chi connectivity index (χ3v) is 4.56. The molecule has 0 saturated carbocycles. The number of rotatable bonds is 2. The van der Waals surface area contributed by atoms with Crippen LogP contribution in [0.15, 0.2) is 60.7 Å². The molecule has 0 aromatic heterocycles. The molecule has 2 aromatic carbocycles. The van der Waals surface area contributed by atoms with E-state index in [1.807, 2.05) is 0 Å². The molecule has 0 N–H and O–H groups in total. The monoisotopic (exact) mass is 270 g/mol. The summed E-state index contributed by atoms with van der Waals surface area (Å²) in [6.07, 6.45) is 0. The maximum absolute atomic E-state index is 2.40. The first kappa shape index (κ1) is 10.6. The zero-order chi connectivity index (χ0) is 10.3. The molecule has 0 heterocycles. The Hall–Kier alpha value is -0.937. The van der Waals surface area contributed by atoms with Crippen LogP contribution in [0.25, 0.3) is 0 Å². The van der Waals surface area contributed by atoms with Crippen molar-refractivity contribution < 1.29 is 22.3 Å². The second-order valence-electron chi connectivity index (χ2n) is 3.28. The van der Waals surface area contributed by atoms with Crippen LogP contribution in [0.1, 0.15) is 11.1 Å². The van der Waals surface area contributed by atoms with Gasteiger partial charge in [-0.05, 0) is 0 Å². The van der Waals surface area contributed by atoms with Gasteiger partial charge in [0.15, 0.2) is 0 Å². The zero-order valence-corrected chi connectivity index (χ0v) is 10.9. The Morgan fingerprint density at radius 3 is 1.40 bits per heavy atom. The van der Waals surface area contributed by atoms with Gasteiger partial charge in [0.1, 0.15) is 0 Å². The molecule has 0 atom stereocenters. The second-order valence-corrected chi connectivity index (χ2v) is 5.52. The second kappa shape index (κ2) is 5.83. The molecule has 0 aliphatic heterocycles. The van der Waals surface area contributed by atoms with E-state index in [2.05, 4.69) is 68.1 Å². The molecule has 1 heteroatoms. The van der Waals surface area contributed by atoms with Gasteiger partial charge in [0, 0.05) is 0 Å². The summed E-state index contributed by atoms with van der Waals surface area (Å²) >= 11 is -0.508. The van der Waals surface area contributed by atoms with Crippen molar-refractivity contribution in [2.75, 3.05) is 0 Å². The first-order valence-electron chi connectivity index (χ1n) is 4.98. The number of hydrogen-bond acceptors (Lipinski definition) is 0. The van der Waals surface area contributed by atoms with Gasteiger partial charge in [0.05, 0.1) is 0 Å². The van der Waals surface area contributed by atoms with E-state index in [4.69, 9.17) is 0 Å². The van der Waals surface area contributed by atoms with Crippen LogP contribution in [-0.2, 0) is 22.3 Å². The summed E-state index contributed by atoms with van der Waals surface area (Å²) in [5, 5.41) is 0. The van der Waals surface area contributed by atoms with Crippen molar-refractivity contribution in [3.05, 3.63) is 71.8 Å². The third-order valence-electron chi connectivity index (χ3n) is 2.10. The summed E-state index contributed by atoms with van der Waals surface area (Å²) < 4.78 is 4.80. The van der Waals surface area contributed by atoms with E-state index < -0.39 is 22.3 Å². The van der Waals surface area contributed by atoms with Crippen molar-refractivity contribution in [1.82, 2.24) is 0 Å². The van der Waals surface area contributed by atoms with Crippen molar-refractivity contribution in [3.8, 4) is 0 Å². The van der Waals surface area contributed by atoms with Crippen LogP contribution in [0.2, 0.25) is 0 Å². The van der Waals surface area contributed by atoms with Gasteiger partial charge in [-0.25, -0.2) is 0 Å².